The van der Waals surface area contributed by atoms with Gasteiger partial charge in [-0.3, -0.25) is 4.79 Å². The molecule has 0 aliphatic carbocycles. The molecule has 1 unspecified atom stereocenters. The maximum atomic E-state index is 11.4. The molecule has 0 amide bonds. The molecule has 19 heavy (non-hydrogen) atoms. The van der Waals surface area contributed by atoms with E-state index in [1.54, 1.807) is 0 Å². The Morgan fingerprint density at radius 1 is 1.42 bits per heavy atom. The summed E-state index contributed by atoms with van der Waals surface area (Å²) < 4.78 is 6.32. The van der Waals surface area contributed by atoms with Crippen molar-refractivity contribution in [3.63, 3.8) is 0 Å². The monoisotopic (exact) mass is 326 g/mol. The molecule has 0 bridgehead atoms. The van der Waals surface area contributed by atoms with Gasteiger partial charge in [0.2, 0.25) is 0 Å². The van der Waals surface area contributed by atoms with Gasteiger partial charge in [0.1, 0.15) is 0 Å². The fraction of sp³-hybridized carbons (Fsp3) is 0.533. The largest absolute Gasteiger partial charge is 0.481 e. The zero-order valence-electron chi connectivity index (χ0n) is 10.8. The second kappa shape index (κ2) is 7.06. The summed E-state index contributed by atoms with van der Waals surface area (Å²) in [6.45, 7) is 1.54. The number of carbonyl (C=O) groups is 1. The van der Waals surface area contributed by atoms with Crippen LogP contribution in [0, 0.1) is 11.8 Å². The maximum absolute atomic E-state index is 11.4. The Kier molecular flexibility index (Phi) is 5.40. The van der Waals surface area contributed by atoms with Crippen molar-refractivity contribution in [1.82, 2.24) is 0 Å². The van der Waals surface area contributed by atoms with Crippen LogP contribution in [0.15, 0.2) is 28.7 Å². The standard InChI is InChI=1S/C15H19BrO3/c16-14-3-1-2-12(10-14)9-13(15(17)18)8-11-4-6-19-7-5-11/h1-3,10-11,13H,4-9H2,(H,17,18). The zero-order valence-corrected chi connectivity index (χ0v) is 12.4. The number of carboxylic acids is 1. The summed E-state index contributed by atoms with van der Waals surface area (Å²) in [6.07, 6.45) is 3.34. The van der Waals surface area contributed by atoms with Gasteiger partial charge in [-0.15, -0.1) is 0 Å². The second-order valence-electron chi connectivity index (χ2n) is 5.16. The summed E-state index contributed by atoms with van der Waals surface area (Å²) >= 11 is 3.42. The average molecular weight is 327 g/mol. The van der Waals surface area contributed by atoms with Crippen molar-refractivity contribution in [3.05, 3.63) is 34.3 Å². The first-order valence-electron chi connectivity index (χ1n) is 6.70. The van der Waals surface area contributed by atoms with E-state index in [0.29, 0.717) is 12.3 Å². The fourth-order valence-electron chi connectivity index (χ4n) is 2.60. The predicted octanol–water partition coefficient (Wildman–Crippen LogP) is 3.51. The molecule has 0 saturated carbocycles. The second-order valence-corrected chi connectivity index (χ2v) is 6.08. The van der Waals surface area contributed by atoms with Gasteiger partial charge in [-0.05, 0) is 49.3 Å². The Morgan fingerprint density at radius 2 is 2.16 bits per heavy atom. The maximum Gasteiger partial charge on any atom is 0.306 e. The van der Waals surface area contributed by atoms with E-state index in [0.717, 1.165) is 42.5 Å². The minimum atomic E-state index is -0.688. The molecule has 1 aliphatic rings. The molecule has 1 heterocycles. The summed E-state index contributed by atoms with van der Waals surface area (Å²) in [6, 6.07) is 7.90. The Hall–Kier alpha value is -0.870. The molecule has 1 fully saturated rings. The quantitative estimate of drug-likeness (QED) is 0.900. The Labute approximate surface area is 122 Å². The molecule has 2 rings (SSSR count). The third-order valence-electron chi connectivity index (χ3n) is 3.68. The van der Waals surface area contributed by atoms with Crippen LogP contribution in [0.5, 0.6) is 0 Å². The molecule has 1 atom stereocenters. The average Bonchev–Trinajstić information content (AvgIpc) is 2.39. The number of benzene rings is 1. The highest BCUT2D eigenvalue weighted by molar-refractivity contribution is 9.10. The predicted molar refractivity (Wildman–Crippen MR) is 77.1 cm³/mol. The van der Waals surface area contributed by atoms with Gasteiger partial charge < -0.3 is 9.84 Å². The van der Waals surface area contributed by atoms with Crippen molar-refractivity contribution in [2.45, 2.75) is 25.7 Å². The molecule has 1 aromatic rings. The third kappa shape index (κ3) is 4.62. The van der Waals surface area contributed by atoms with Crippen LogP contribution < -0.4 is 0 Å². The number of ether oxygens (including phenoxy) is 1. The van der Waals surface area contributed by atoms with E-state index in [2.05, 4.69) is 15.9 Å². The number of hydrogen-bond donors (Lipinski definition) is 1. The Bertz CT molecular complexity index is 427. The van der Waals surface area contributed by atoms with Crippen LogP contribution >= 0.6 is 15.9 Å². The summed E-state index contributed by atoms with van der Waals surface area (Å²) in [7, 11) is 0. The van der Waals surface area contributed by atoms with Crippen LogP contribution in [0.4, 0.5) is 0 Å². The number of aliphatic carboxylic acids is 1. The van der Waals surface area contributed by atoms with Crippen LogP contribution in [0.1, 0.15) is 24.8 Å². The molecule has 1 aromatic carbocycles. The third-order valence-corrected chi connectivity index (χ3v) is 4.17. The summed E-state index contributed by atoms with van der Waals surface area (Å²) in [5.74, 6) is -0.495. The molecule has 1 N–H and O–H groups in total. The van der Waals surface area contributed by atoms with Gasteiger partial charge in [0.05, 0.1) is 5.92 Å². The first-order chi connectivity index (χ1) is 9.15. The molecule has 104 valence electrons. The first-order valence-corrected chi connectivity index (χ1v) is 7.49. The smallest absolute Gasteiger partial charge is 0.306 e. The summed E-state index contributed by atoms with van der Waals surface area (Å²) in [5.41, 5.74) is 1.08. The minimum Gasteiger partial charge on any atom is -0.481 e. The van der Waals surface area contributed by atoms with E-state index in [4.69, 9.17) is 4.74 Å². The molecule has 1 saturated heterocycles. The van der Waals surface area contributed by atoms with Crippen LogP contribution in [0.3, 0.4) is 0 Å². The van der Waals surface area contributed by atoms with Gasteiger partial charge in [-0.1, -0.05) is 28.1 Å². The molecule has 4 heteroatoms. The first kappa shape index (κ1) is 14.5. The number of rotatable bonds is 5. The van der Waals surface area contributed by atoms with Crippen LogP contribution in [0.2, 0.25) is 0 Å². The molecular formula is C15H19BrO3. The number of hydrogen-bond acceptors (Lipinski definition) is 2. The van der Waals surface area contributed by atoms with E-state index in [1.807, 2.05) is 24.3 Å². The molecule has 0 aromatic heterocycles. The Morgan fingerprint density at radius 3 is 2.79 bits per heavy atom. The van der Waals surface area contributed by atoms with E-state index in [9.17, 15) is 9.90 Å². The lowest BCUT2D eigenvalue weighted by molar-refractivity contribution is -0.142. The topological polar surface area (TPSA) is 46.5 Å². The highest BCUT2D eigenvalue weighted by atomic mass is 79.9. The van der Waals surface area contributed by atoms with Crippen molar-refractivity contribution in [2.24, 2.45) is 11.8 Å². The number of halogens is 1. The van der Waals surface area contributed by atoms with Crippen molar-refractivity contribution >= 4 is 21.9 Å². The van der Waals surface area contributed by atoms with Crippen LogP contribution in [-0.4, -0.2) is 24.3 Å². The van der Waals surface area contributed by atoms with E-state index >= 15 is 0 Å². The van der Waals surface area contributed by atoms with Gasteiger partial charge in [0.15, 0.2) is 0 Å². The zero-order chi connectivity index (χ0) is 13.7. The Balaban J connectivity index is 1.97. The van der Waals surface area contributed by atoms with Crippen molar-refractivity contribution in [1.29, 1.82) is 0 Å². The lowest BCUT2D eigenvalue weighted by Gasteiger charge is -2.24. The van der Waals surface area contributed by atoms with E-state index in [-0.39, 0.29) is 5.92 Å². The molecule has 0 spiro atoms. The van der Waals surface area contributed by atoms with Crippen LogP contribution in [-0.2, 0) is 16.0 Å². The van der Waals surface area contributed by atoms with Gasteiger partial charge >= 0.3 is 5.97 Å². The van der Waals surface area contributed by atoms with Crippen LogP contribution in [0.25, 0.3) is 0 Å². The van der Waals surface area contributed by atoms with E-state index in [1.165, 1.54) is 0 Å². The van der Waals surface area contributed by atoms with Gasteiger partial charge in [-0.25, -0.2) is 0 Å². The lowest BCUT2D eigenvalue weighted by Crippen LogP contribution is -2.24. The summed E-state index contributed by atoms with van der Waals surface area (Å²) in [4.78, 5) is 11.4. The molecule has 3 nitrogen and oxygen atoms in total. The van der Waals surface area contributed by atoms with Crippen molar-refractivity contribution in [2.75, 3.05) is 13.2 Å². The lowest BCUT2D eigenvalue weighted by atomic mass is 9.85. The fourth-order valence-corrected chi connectivity index (χ4v) is 3.05. The SMILES string of the molecule is O=C(O)C(Cc1cccc(Br)c1)CC1CCOCC1. The molecule has 0 radical (unpaired) electrons. The van der Waals surface area contributed by atoms with Gasteiger partial charge in [0, 0.05) is 17.7 Å². The minimum absolute atomic E-state index is 0.294. The molecule has 1 aliphatic heterocycles. The normalized spacial score (nSPS) is 18.2. The van der Waals surface area contributed by atoms with Crippen molar-refractivity contribution in [3.8, 4) is 0 Å². The highest BCUT2D eigenvalue weighted by Crippen LogP contribution is 2.26. The molecular weight excluding hydrogens is 308 g/mol. The summed E-state index contributed by atoms with van der Waals surface area (Å²) in [5, 5.41) is 9.39. The van der Waals surface area contributed by atoms with E-state index < -0.39 is 5.97 Å². The highest BCUT2D eigenvalue weighted by Gasteiger charge is 2.24. The van der Waals surface area contributed by atoms with Gasteiger partial charge in [-0.2, -0.15) is 0 Å². The van der Waals surface area contributed by atoms with Crippen molar-refractivity contribution < 1.29 is 14.6 Å². The van der Waals surface area contributed by atoms with Gasteiger partial charge in [0.25, 0.3) is 0 Å². The number of carboxylic acid groups (broad SMARTS) is 1.